The zero-order valence-electron chi connectivity index (χ0n) is 12.6. The minimum absolute atomic E-state index is 0.000376. The van der Waals surface area contributed by atoms with Gasteiger partial charge in [-0.2, -0.15) is 0 Å². The maximum atomic E-state index is 12.8. The number of nitro benzene ring substituents is 1. The number of amides is 1. The zero-order chi connectivity index (χ0) is 16.4. The molecule has 0 unspecified atom stereocenters. The van der Waals surface area contributed by atoms with Crippen LogP contribution in [0.4, 0.5) is 11.4 Å². The molecule has 23 heavy (non-hydrogen) atoms. The molecule has 0 N–H and O–H groups in total. The molecule has 0 saturated carbocycles. The first-order valence-corrected chi connectivity index (χ1v) is 8.26. The van der Waals surface area contributed by atoms with Gasteiger partial charge in [-0.05, 0) is 29.9 Å². The average Bonchev–Trinajstić information content (AvgIpc) is 2.97. The Bertz CT molecular complexity index is 779. The maximum Gasteiger partial charge on any atom is 0.271 e. The van der Waals surface area contributed by atoms with Crippen LogP contribution < -0.4 is 4.90 Å². The van der Waals surface area contributed by atoms with Crippen molar-refractivity contribution in [3.05, 3.63) is 57.8 Å². The van der Waals surface area contributed by atoms with E-state index < -0.39 is 4.92 Å². The van der Waals surface area contributed by atoms with E-state index in [1.54, 1.807) is 41.1 Å². The Morgan fingerprint density at radius 2 is 2.22 bits per heavy atom. The van der Waals surface area contributed by atoms with Gasteiger partial charge < -0.3 is 4.90 Å². The van der Waals surface area contributed by atoms with Crippen molar-refractivity contribution >= 4 is 29.0 Å². The first-order valence-electron chi connectivity index (χ1n) is 7.28. The van der Waals surface area contributed by atoms with Gasteiger partial charge in [-0.3, -0.25) is 14.9 Å². The van der Waals surface area contributed by atoms with Gasteiger partial charge >= 0.3 is 0 Å². The molecule has 0 radical (unpaired) electrons. The average molecular weight is 329 g/mol. The van der Waals surface area contributed by atoms with E-state index in [2.05, 4.69) is 4.98 Å². The molecule has 0 fully saturated rings. The number of carbonyl (C=O) groups excluding carboxylic acids is 1. The fourth-order valence-corrected chi connectivity index (χ4v) is 3.26. The predicted molar refractivity (Wildman–Crippen MR) is 89.1 cm³/mol. The second kappa shape index (κ2) is 6.37. The predicted octanol–water partition coefficient (Wildman–Crippen LogP) is 3.30. The summed E-state index contributed by atoms with van der Waals surface area (Å²) in [6.45, 7) is 2.56. The highest BCUT2D eigenvalue weighted by Crippen LogP contribution is 2.32. The SMILES string of the molecule is CCSc1cc(C(=O)N2CCc3ccc([N+](=O)[O-])cc32)ccn1. The summed E-state index contributed by atoms with van der Waals surface area (Å²) in [4.78, 5) is 29.1. The first kappa shape index (κ1) is 15.5. The summed E-state index contributed by atoms with van der Waals surface area (Å²) < 4.78 is 0. The summed E-state index contributed by atoms with van der Waals surface area (Å²) in [7, 11) is 0. The van der Waals surface area contributed by atoms with Crippen LogP contribution in [-0.2, 0) is 6.42 Å². The summed E-state index contributed by atoms with van der Waals surface area (Å²) in [5, 5.41) is 11.8. The van der Waals surface area contributed by atoms with E-state index in [-0.39, 0.29) is 11.6 Å². The van der Waals surface area contributed by atoms with Crippen LogP contribution in [0.2, 0.25) is 0 Å². The van der Waals surface area contributed by atoms with Crippen molar-refractivity contribution < 1.29 is 9.72 Å². The molecule has 1 amide bonds. The van der Waals surface area contributed by atoms with Crippen LogP contribution in [0.5, 0.6) is 0 Å². The van der Waals surface area contributed by atoms with E-state index >= 15 is 0 Å². The van der Waals surface area contributed by atoms with Crippen LogP contribution in [0.15, 0.2) is 41.6 Å². The number of fused-ring (bicyclic) bond motifs is 1. The molecule has 0 bridgehead atoms. The molecule has 1 aromatic carbocycles. The van der Waals surface area contributed by atoms with E-state index in [0.29, 0.717) is 24.2 Å². The summed E-state index contributed by atoms with van der Waals surface area (Å²) >= 11 is 1.57. The van der Waals surface area contributed by atoms with Gasteiger partial charge in [0.25, 0.3) is 11.6 Å². The third-order valence-corrected chi connectivity index (χ3v) is 4.50. The molecule has 2 heterocycles. The van der Waals surface area contributed by atoms with Gasteiger partial charge in [-0.1, -0.05) is 13.0 Å². The van der Waals surface area contributed by atoms with Gasteiger partial charge in [-0.15, -0.1) is 11.8 Å². The Labute approximate surface area is 137 Å². The highest BCUT2D eigenvalue weighted by Gasteiger charge is 2.27. The van der Waals surface area contributed by atoms with Gasteiger partial charge in [-0.25, -0.2) is 4.98 Å². The summed E-state index contributed by atoms with van der Waals surface area (Å²) in [6.07, 6.45) is 2.33. The molecule has 1 aliphatic heterocycles. The number of pyridine rings is 1. The number of hydrogen-bond acceptors (Lipinski definition) is 5. The van der Waals surface area contributed by atoms with Gasteiger partial charge in [0.2, 0.25) is 0 Å². The topological polar surface area (TPSA) is 76.3 Å². The van der Waals surface area contributed by atoms with Gasteiger partial charge in [0.15, 0.2) is 0 Å². The van der Waals surface area contributed by atoms with Crippen molar-refractivity contribution in [2.24, 2.45) is 0 Å². The Morgan fingerprint density at radius 1 is 1.39 bits per heavy atom. The van der Waals surface area contributed by atoms with Crippen LogP contribution in [0.25, 0.3) is 0 Å². The number of nitrogens with zero attached hydrogens (tertiary/aromatic N) is 3. The second-order valence-corrected chi connectivity index (χ2v) is 6.38. The lowest BCUT2D eigenvalue weighted by atomic mass is 10.1. The number of nitro groups is 1. The number of hydrogen-bond donors (Lipinski definition) is 0. The molecule has 7 heteroatoms. The Morgan fingerprint density at radius 3 is 2.96 bits per heavy atom. The fourth-order valence-electron chi connectivity index (χ4n) is 2.62. The van der Waals surface area contributed by atoms with Gasteiger partial charge in [0, 0.05) is 30.4 Å². The lowest BCUT2D eigenvalue weighted by molar-refractivity contribution is -0.384. The molecule has 2 aromatic rings. The van der Waals surface area contributed by atoms with Crippen LogP contribution in [0.3, 0.4) is 0 Å². The van der Waals surface area contributed by atoms with Gasteiger partial charge in [0.05, 0.1) is 15.6 Å². The molecular weight excluding hydrogens is 314 g/mol. The summed E-state index contributed by atoms with van der Waals surface area (Å²) in [6, 6.07) is 8.13. The second-order valence-electron chi connectivity index (χ2n) is 5.09. The Kier molecular flexibility index (Phi) is 4.29. The molecule has 1 aromatic heterocycles. The number of thioether (sulfide) groups is 1. The molecule has 0 spiro atoms. The molecule has 118 valence electrons. The fraction of sp³-hybridized carbons (Fsp3) is 0.250. The molecule has 0 atom stereocenters. The zero-order valence-corrected chi connectivity index (χ0v) is 13.4. The minimum Gasteiger partial charge on any atom is -0.307 e. The lowest BCUT2D eigenvalue weighted by Crippen LogP contribution is -2.29. The minimum atomic E-state index is -0.441. The van der Waals surface area contributed by atoms with Crippen LogP contribution >= 0.6 is 11.8 Å². The maximum absolute atomic E-state index is 12.8. The van der Waals surface area contributed by atoms with Crippen molar-refractivity contribution in [1.29, 1.82) is 0 Å². The molecular formula is C16H15N3O3S. The lowest BCUT2D eigenvalue weighted by Gasteiger charge is -2.17. The largest absolute Gasteiger partial charge is 0.307 e. The van der Waals surface area contributed by atoms with Crippen molar-refractivity contribution in [1.82, 2.24) is 4.98 Å². The van der Waals surface area contributed by atoms with Crippen molar-refractivity contribution in [2.45, 2.75) is 18.4 Å². The third-order valence-electron chi connectivity index (χ3n) is 3.69. The van der Waals surface area contributed by atoms with E-state index in [9.17, 15) is 14.9 Å². The standard InChI is InChI=1S/C16H15N3O3S/c1-2-23-15-9-12(5-7-17-15)16(20)18-8-6-11-3-4-13(19(21)22)10-14(11)18/h3-5,7,9-10H,2,6,8H2,1H3. The smallest absolute Gasteiger partial charge is 0.271 e. The Hall–Kier alpha value is -2.41. The number of non-ortho nitro benzene ring substituents is 1. The number of carbonyl (C=O) groups is 1. The number of benzene rings is 1. The van der Waals surface area contributed by atoms with Crippen molar-refractivity contribution in [2.75, 3.05) is 17.2 Å². The summed E-state index contributed by atoms with van der Waals surface area (Å²) in [5.41, 5.74) is 2.14. The monoisotopic (exact) mass is 329 g/mol. The van der Waals surface area contributed by atoms with E-state index in [1.165, 1.54) is 12.1 Å². The number of aromatic nitrogens is 1. The molecule has 0 saturated heterocycles. The summed E-state index contributed by atoms with van der Waals surface area (Å²) in [5.74, 6) is 0.730. The third kappa shape index (κ3) is 3.05. The number of anilines is 1. The molecule has 3 rings (SSSR count). The van der Waals surface area contributed by atoms with E-state index in [1.807, 2.05) is 6.92 Å². The van der Waals surface area contributed by atoms with E-state index in [0.717, 1.165) is 16.3 Å². The highest BCUT2D eigenvalue weighted by molar-refractivity contribution is 7.99. The highest BCUT2D eigenvalue weighted by atomic mass is 32.2. The molecule has 0 aliphatic carbocycles. The number of rotatable bonds is 4. The van der Waals surface area contributed by atoms with Crippen molar-refractivity contribution in [3.8, 4) is 0 Å². The van der Waals surface area contributed by atoms with Crippen LogP contribution in [0, 0.1) is 10.1 Å². The quantitative estimate of drug-likeness (QED) is 0.489. The first-order chi connectivity index (χ1) is 11.1. The van der Waals surface area contributed by atoms with Gasteiger partial charge in [0.1, 0.15) is 0 Å². The molecule has 1 aliphatic rings. The van der Waals surface area contributed by atoms with E-state index in [4.69, 9.17) is 0 Å². The normalized spacial score (nSPS) is 13.0. The van der Waals surface area contributed by atoms with Crippen LogP contribution in [0.1, 0.15) is 22.8 Å². The van der Waals surface area contributed by atoms with Crippen molar-refractivity contribution in [3.63, 3.8) is 0 Å². The Balaban J connectivity index is 1.92. The van der Waals surface area contributed by atoms with Crippen LogP contribution in [-0.4, -0.2) is 28.1 Å². The molecule has 6 nitrogen and oxygen atoms in total.